The van der Waals surface area contributed by atoms with Crippen molar-refractivity contribution in [3.05, 3.63) is 60.5 Å². The summed E-state index contributed by atoms with van der Waals surface area (Å²) in [5.41, 5.74) is 3.02. The molecule has 1 aromatic rings. The molecule has 1 aliphatic heterocycles. The molecule has 1 aromatic carbocycles. The summed E-state index contributed by atoms with van der Waals surface area (Å²) < 4.78 is 0. The van der Waals surface area contributed by atoms with Crippen LogP contribution in [0.3, 0.4) is 0 Å². The van der Waals surface area contributed by atoms with E-state index in [1.165, 1.54) is 11.1 Å². The molecule has 0 radical (unpaired) electrons. The maximum Gasteiger partial charge on any atom is 1.00 e. The van der Waals surface area contributed by atoms with Gasteiger partial charge in [-0.1, -0.05) is 36.4 Å². The summed E-state index contributed by atoms with van der Waals surface area (Å²) in [5.74, 6) is 0.566. The van der Waals surface area contributed by atoms with Gasteiger partial charge in [0.2, 0.25) is 0 Å². The summed E-state index contributed by atoms with van der Waals surface area (Å²) in [4.78, 5) is 4.56. The predicted octanol–water partition coefficient (Wildman–Crippen LogP) is 1.20. The van der Waals surface area contributed by atoms with E-state index in [0.29, 0.717) is 5.92 Å². The Morgan fingerprint density at radius 1 is 1.14 bits per heavy atom. The van der Waals surface area contributed by atoms with Crippen molar-refractivity contribution in [1.82, 2.24) is 9.80 Å². The largest absolute Gasteiger partial charge is 1.00 e. The quantitative estimate of drug-likeness (QED) is 0.611. The van der Waals surface area contributed by atoms with Gasteiger partial charge in [-0.25, -0.2) is 0 Å². The number of nitrogens with zero attached hydrogens (tertiary/aromatic N) is 2. The van der Waals surface area contributed by atoms with Gasteiger partial charge in [-0.05, 0) is 57.3 Å². The van der Waals surface area contributed by atoms with E-state index in [-0.39, 0.29) is 56.9 Å². The Bertz CT molecular complexity index is 542. The van der Waals surface area contributed by atoms with E-state index in [0.717, 1.165) is 13.0 Å². The van der Waals surface area contributed by atoms with Crippen LogP contribution in [-0.2, 0) is 0 Å². The minimum Gasteiger partial charge on any atom is -0.508 e. The SMILES string of the molecule is CC(C)(C)N1C=CN(CCC2C=Cc3ccccc32)[CH-]1.[K+]. The van der Waals surface area contributed by atoms with Crippen molar-refractivity contribution in [1.29, 1.82) is 0 Å². The second-order valence-corrected chi connectivity index (χ2v) is 6.61. The monoisotopic (exact) mass is 306 g/mol. The fourth-order valence-electron chi connectivity index (χ4n) is 2.79. The molecule has 0 N–H and O–H groups in total. The zero-order chi connectivity index (χ0) is 14.2. The summed E-state index contributed by atoms with van der Waals surface area (Å²) in [6.45, 7) is 9.96. The molecule has 0 fully saturated rings. The first-order valence-corrected chi connectivity index (χ1v) is 7.39. The fourth-order valence-corrected chi connectivity index (χ4v) is 2.79. The van der Waals surface area contributed by atoms with Crippen molar-refractivity contribution in [3.63, 3.8) is 0 Å². The van der Waals surface area contributed by atoms with Crippen LogP contribution in [0.4, 0.5) is 0 Å². The number of fused-ring (bicyclic) bond motifs is 1. The number of benzene rings is 1. The van der Waals surface area contributed by atoms with Crippen LogP contribution in [0.15, 0.2) is 42.7 Å². The fraction of sp³-hybridized carbons (Fsp3) is 0.389. The maximum atomic E-state index is 2.34. The van der Waals surface area contributed by atoms with Crippen LogP contribution < -0.4 is 51.4 Å². The average molecular weight is 306 g/mol. The Labute approximate surface area is 171 Å². The van der Waals surface area contributed by atoms with Gasteiger partial charge in [0.25, 0.3) is 0 Å². The van der Waals surface area contributed by atoms with E-state index in [1.807, 2.05) is 0 Å². The molecule has 106 valence electrons. The van der Waals surface area contributed by atoms with E-state index in [1.54, 1.807) is 0 Å². The van der Waals surface area contributed by atoms with Gasteiger partial charge >= 0.3 is 51.4 Å². The molecular formula is C18H23KN2. The van der Waals surface area contributed by atoms with Crippen LogP contribution in [0.25, 0.3) is 6.08 Å². The van der Waals surface area contributed by atoms with Gasteiger partial charge in [0.05, 0.1) is 0 Å². The normalized spacial score (nSPS) is 19.9. The van der Waals surface area contributed by atoms with Crippen LogP contribution in [-0.4, -0.2) is 21.9 Å². The molecule has 1 atom stereocenters. The van der Waals surface area contributed by atoms with Crippen LogP contribution in [0.2, 0.25) is 0 Å². The van der Waals surface area contributed by atoms with Gasteiger partial charge in [-0.2, -0.15) is 6.67 Å². The Morgan fingerprint density at radius 3 is 2.62 bits per heavy atom. The van der Waals surface area contributed by atoms with Gasteiger partial charge in [0, 0.05) is 11.5 Å². The van der Waals surface area contributed by atoms with Crippen LogP contribution >= 0.6 is 0 Å². The molecule has 0 saturated heterocycles. The molecule has 0 spiro atoms. The molecule has 0 saturated carbocycles. The smallest absolute Gasteiger partial charge is 0.508 e. The molecule has 3 heteroatoms. The van der Waals surface area contributed by atoms with Gasteiger partial charge in [-0.3, -0.25) is 0 Å². The summed E-state index contributed by atoms with van der Waals surface area (Å²) in [5, 5.41) is 0. The van der Waals surface area contributed by atoms with Gasteiger partial charge in [-0.15, -0.1) is 0 Å². The zero-order valence-corrected chi connectivity index (χ0v) is 16.7. The molecule has 2 nitrogen and oxygen atoms in total. The Kier molecular flexibility index (Phi) is 5.77. The molecule has 1 unspecified atom stereocenters. The number of hydrogen-bond donors (Lipinski definition) is 0. The molecule has 0 amide bonds. The van der Waals surface area contributed by atoms with Crippen molar-refractivity contribution in [2.24, 2.45) is 0 Å². The van der Waals surface area contributed by atoms with Gasteiger partial charge < -0.3 is 9.80 Å². The molecule has 2 aliphatic rings. The second kappa shape index (κ2) is 7.01. The zero-order valence-electron chi connectivity index (χ0n) is 13.6. The van der Waals surface area contributed by atoms with Gasteiger partial charge in [0.1, 0.15) is 0 Å². The second-order valence-electron chi connectivity index (χ2n) is 6.61. The number of rotatable bonds is 3. The third-order valence-corrected chi connectivity index (χ3v) is 4.07. The van der Waals surface area contributed by atoms with E-state index in [4.69, 9.17) is 0 Å². The molecule has 3 rings (SSSR count). The van der Waals surface area contributed by atoms with Crippen molar-refractivity contribution in [3.8, 4) is 0 Å². The summed E-state index contributed by atoms with van der Waals surface area (Å²) >= 11 is 0. The van der Waals surface area contributed by atoms with Crippen LogP contribution in [0.5, 0.6) is 0 Å². The van der Waals surface area contributed by atoms with Crippen molar-refractivity contribution >= 4 is 6.08 Å². The molecule has 0 bridgehead atoms. The van der Waals surface area contributed by atoms with E-state index < -0.39 is 0 Å². The summed E-state index contributed by atoms with van der Waals surface area (Å²) in [7, 11) is 0. The van der Waals surface area contributed by atoms with E-state index in [2.05, 4.69) is 86.1 Å². The third kappa shape index (κ3) is 4.02. The standard InChI is InChI=1S/C18H23N2.K/c1-18(2,3)20-13-12-19(14-20)11-10-16-9-8-15-6-4-5-7-17(15)16;/h4-9,12-14,16H,10-11H2,1-3H3;/q-1;+1. The Balaban J connectivity index is 0.00000161. The Hall–Kier alpha value is -0.0636. The first-order chi connectivity index (χ1) is 9.54. The molecule has 1 aliphatic carbocycles. The number of hydrogen-bond acceptors (Lipinski definition) is 2. The van der Waals surface area contributed by atoms with E-state index >= 15 is 0 Å². The Morgan fingerprint density at radius 2 is 1.90 bits per heavy atom. The van der Waals surface area contributed by atoms with Crippen molar-refractivity contribution in [2.75, 3.05) is 6.54 Å². The van der Waals surface area contributed by atoms with E-state index in [9.17, 15) is 0 Å². The predicted molar refractivity (Wildman–Crippen MR) is 84.6 cm³/mol. The average Bonchev–Trinajstić information content (AvgIpc) is 3.02. The molecule has 21 heavy (non-hydrogen) atoms. The summed E-state index contributed by atoms with van der Waals surface area (Å²) in [6, 6.07) is 8.71. The summed E-state index contributed by atoms with van der Waals surface area (Å²) in [6.07, 6.45) is 10.1. The first-order valence-electron chi connectivity index (χ1n) is 7.39. The van der Waals surface area contributed by atoms with Crippen LogP contribution in [0.1, 0.15) is 44.2 Å². The maximum absolute atomic E-state index is 2.34. The van der Waals surface area contributed by atoms with Gasteiger partial charge in [0.15, 0.2) is 0 Å². The first kappa shape index (κ1) is 17.3. The topological polar surface area (TPSA) is 6.48 Å². The molecule has 1 heterocycles. The number of allylic oxidation sites excluding steroid dienone is 1. The third-order valence-electron chi connectivity index (χ3n) is 4.07. The minimum atomic E-state index is 0. The van der Waals surface area contributed by atoms with Crippen molar-refractivity contribution in [2.45, 2.75) is 38.6 Å². The molecule has 0 aromatic heterocycles. The minimum absolute atomic E-state index is 0. The van der Waals surface area contributed by atoms with Crippen molar-refractivity contribution < 1.29 is 51.4 Å². The van der Waals surface area contributed by atoms with Crippen LogP contribution in [0, 0.1) is 6.67 Å². The molecular weight excluding hydrogens is 283 g/mol.